The fourth-order valence-electron chi connectivity index (χ4n) is 1.71. The molecule has 0 aliphatic carbocycles. The number of furan rings is 1. The van der Waals surface area contributed by atoms with Gasteiger partial charge in [-0.05, 0) is 66.0 Å². The molecule has 2 nitrogen and oxygen atoms in total. The van der Waals surface area contributed by atoms with E-state index in [1.807, 2.05) is 26.8 Å². The Labute approximate surface area is 144 Å². The third-order valence-electron chi connectivity index (χ3n) is 4.01. The van der Waals surface area contributed by atoms with Crippen molar-refractivity contribution in [3.05, 3.63) is 34.8 Å². The average Bonchev–Trinajstić information content (AvgIpc) is 2.84. The monoisotopic (exact) mass is 322 g/mol. The first-order valence-electron chi connectivity index (χ1n) is 8.81. The van der Waals surface area contributed by atoms with Gasteiger partial charge in [0.2, 0.25) is 0 Å². The number of hydrogen-bond donors (Lipinski definition) is 0. The Balaban J connectivity index is 0. The third kappa shape index (κ3) is 14.0. The lowest BCUT2D eigenvalue weighted by Crippen LogP contribution is -2.04. The van der Waals surface area contributed by atoms with Crippen LogP contribution in [0.3, 0.4) is 0 Å². The number of carbonyl (C=O) groups is 1. The summed E-state index contributed by atoms with van der Waals surface area (Å²) in [6.45, 7) is 18.5. The molecule has 1 rings (SSSR count). The first-order chi connectivity index (χ1) is 10.7. The van der Waals surface area contributed by atoms with Crippen molar-refractivity contribution in [2.75, 3.05) is 0 Å². The molecule has 2 heteroatoms. The van der Waals surface area contributed by atoms with Crippen LogP contribution in [0.1, 0.15) is 85.5 Å². The Morgan fingerprint density at radius 3 is 1.78 bits per heavy atom. The van der Waals surface area contributed by atoms with Gasteiger partial charge in [-0.2, -0.15) is 0 Å². The van der Waals surface area contributed by atoms with E-state index in [1.165, 1.54) is 24.0 Å². The van der Waals surface area contributed by atoms with Crippen LogP contribution in [-0.4, -0.2) is 5.78 Å². The molecule has 1 atom stereocenters. The largest absolute Gasteiger partial charge is 0.469 e. The topological polar surface area (TPSA) is 30.2 Å². The Morgan fingerprint density at radius 2 is 1.65 bits per heavy atom. The van der Waals surface area contributed by atoms with Crippen LogP contribution in [0, 0.1) is 19.8 Å². The average molecular weight is 323 g/mol. The van der Waals surface area contributed by atoms with Gasteiger partial charge in [0.25, 0.3) is 0 Å². The third-order valence-corrected chi connectivity index (χ3v) is 4.01. The van der Waals surface area contributed by atoms with E-state index in [2.05, 4.69) is 34.6 Å². The summed E-state index contributed by atoms with van der Waals surface area (Å²) in [7, 11) is 0. The Morgan fingerprint density at radius 1 is 1.09 bits per heavy atom. The van der Waals surface area contributed by atoms with Crippen LogP contribution in [0.15, 0.2) is 27.9 Å². The van der Waals surface area contributed by atoms with Crippen LogP contribution in [0.2, 0.25) is 0 Å². The number of allylic oxidation sites excluding steroid dienone is 2. The van der Waals surface area contributed by atoms with Crippen molar-refractivity contribution in [1.82, 2.24) is 0 Å². The molecule has 1 unspecified atom stereocenters. The molecule has 0 fully saturated rings. The number of rotatable bonds is 5. The molecule has 1 heterocycles. The molecule has 0 saturated heterocycles. The van der Waals surface area contributed by atoms with Gasteiger partial charge in [-0.3, -0.25) is 4.79 Å². The standard InChI is InChI=1S/C8H16.C7H14O.C6H8O/c1-5-6-8(4)7(2)3;1-4-5-6(2)7(3)8;1-5-3-4-7-6(5)2/h5-6H2,1-4H3;6H,4-5H2,1-3H3;3-4H,1-2H3. The molecule has 0 radical (unpaired) electrons. The van der Waals surface area contributed by atoms with E-state index >= 15 is 0 Å². The SMILES string of the molecule is CCCC(C)=C(C)C.CCCC(C)C(C)=O.Cc1ccoc1C. The van der Waals surface area contributed by atoms with Crippen molar-refractivity contribution in [3.63, 3.8) is 0 Å². The molecule has 0 aliphatic rings. The van der Waals surface area contributed by atoms with Gasteiger partial charge in [-0.1, -0.05) is 44.8 Å². The lowest BCUT2D eigenvalue weighted by molar-refractivity contribution is -0.120. The van der Waals surface area contributed by atoms with Crippen molar-refractivity contribution in [3.8, 4) is 0 Å². The van der Waals surface area contributed by atoms with Gasteiger partial charge >= 0.3 is 0 Å². The van der Waals surface area contributed by atoms with Crippen molar-refractivity contribution >= 4 is 5.78 Å². The van der Waals surface area contributed by atoms with Crippen molar-refractivity contribution < 1.29 is 9.21 Å². The maximum absolute atomic E-state index is 10.5. The second-order valence-electron chi connectivity index (χ2n) is 6.49. The lowest BCUT2D eigenvalue weighted by atomic mass is 10.0. The van der Waals surface area contributed by atoms with Crippen LogP contribution in [-0.2, 0) is 4.79 Å². The summed E-state index contributed by atoms with van der Waals surface area (Å²) < 4.78 is 4.96. The highest BCUT2D eigenvalue weighted by Gasteiger charge is 2.03. The summed E-state index contributed by atoms with van der Waals surface area (Å²) >= 11 is 0. The fourth-order valence-corrected chi connectivity index (χ4v) is 1.71. The van der Waals surface area contributed by atoms with Crippen LogP contribution < -0.4 is 0 Å². The molecule has 0 N–H and O–H groups in total. The molecule has 0 aromatic carbocycles. The van der Waals surface area contributed by atoms with E-state index in [-0.39, 0.29) is 5.92 Å². The summed E-state index contributed by atoms with van der Waals surface area (Å²) in [4.78, 5) is 10.5. The molecule has 1 aromatic rings. The minimum absolute atomic E-state index is 0.278. The number of carbonyl (C=O) groups excluding carboxylic acids is 1. The summed E-state index contributed by atoms with van der Waals surface area (Å²) in [5, 5.41) is 0. The van der Waals surface area contributed by atoms with Crippen LogP contribution in [0.5, 0.6) is 0 Å². The van der Waals surface area contributed by atoms with Crippen molar-refractivity contribution in [2.45, 2.75) is 88.0 Å². The molecule has 1 aromatic heterocycles. The lowest BCUT2D eigenvalue weighted by Gasteiger charge is -2.01. The normalized spacial score (nSPS) is 10.7. The number of aryl methyl sites for hydroxylation is 2. The van der Waals surface area contributed by atoms with E-state index in [4.69, 9.17) is 4.42 Å². The van der Waals surface area contributed by atoms with Gasteiger partial charge in [-0.15, -0.1) is 0 Å². The van der Waals surface area contributed by atoms with E-state index in [9.17, 15) is 4.79 Å². The quantitative estimate of drug-likeness (QED) is 0.543. The summed E-state index contributed by atoms with van der Waals surface area (Å²) in [5.74, 6) is 1.60. The van der Waals surface area contributed by atoms with Crippen molar-refractivity contribution in [1.29, 1.82) is 0 Å². The zero-order chi connectivity index (χ0) is 18.4. The van der Waals surface area contributed by atoms with E-state index in [0.717, 1.165) is 18.6 Å². The predicted octanol–water partition coefficient (Wildman–Crippen LogP) is 7.05. The number of Topliss-reactive ketones (excluding diaryl/α,β-unsaturated/α-hetero) is 1. The van der Waals surface area contributed by atoms with Gasteiger partial charge in [0.15, 0.2) is 0 Å². The molecule has 23 heavy (non-hydrogen) atoms. The summed E-state index contributed by atoms with van der Waals surface area (Å²) in [6.07, 6.45) is 6.39. The second kappa shape index (κ2) is 14.3. The van der Waals surface area contributed by atoms with E-state index in [0.29, 0.717) is 5.78 Å². The van der Waals surface area contributed by atoms with Crippen LogP contribution in [0.25, 0.3) is 0 Å². The molecule has 0 saturated carbocycles. The Bertz CT molecular complexity index is 432. The van der Waals surface area contributed by atoms with Crippen molar-refractivity contribution in [2.24, 2.45) is 5.92 Å². The second-order valence-corrected chi connectivity index (χ2v) is 6.49. The highest BCUT2D eigenvalue weighted by Crippen LogP contribution is 2.08. The van der Waals surface area contributed by atoms with E-state index in [1.54, 1.807) is 18.8 Å². The zero-order valence-corrected chi connectivity index (χ0v) is 16.9. The van der Waals surface area contributed by atoms with Gasteiger partial charge in [0.1, 0.15) is 11.5 Å². The minimum atomic E-state index is 0.278. The number of hydrogen-bond acceptors (Lipinski definition) is 2. The number of ketones is 1. The van der Waals surface area contributed by atoms with E-state index < -0.39 is 0 Å². The fraction of sp³-hybridized carbons (Fsp3) is 0.667. The Kier molecular flexibility index (Phi) is 14.9. The maximum Gasteiger partial charge on any atom is 0.132 e. The summed E-state index contributed by atoms with van der Waals surface area (Å²) in [5.41, 5.74) is 4.25. The highest BCUT2D eigenvalue weighted by molar-refractivity contribution is 5.77. The van der Waals surface area contributed by atoms with Gasteiger partial charge < -0.3 is 4.42 Å². The summed E-state index contributed by atoms with van der Waals surface area (Å²) in [6, 6.07) is 1.95. The molecule has 0 spiro atoms. The zero-order valence-electron chi connectivity index (χ0n) is 16.9. The first kappa shape index (κ1) is 23.9. The highest BCUT2D eigenvalue weighted by atomic mass is 16.3. The molecular formula is C21H38O2. The van der Waals surface area contributed by atoms with Crippen LogP contribution in [0.4, 0.5) is 0 Å². The molecule has 0 aliphatic heterocycles. The van der Waals surface area contributed by atoms with Gasteiger partial charge in [0, 0.05) is 5.92 Å². The molecular weight excluding hydrogens is 284 g/mol. The first-order valence-corrected chi connectivity index (χ1v) is 8.81. The van der Waals surface area contributed by atoms with Gasteiger partial charge in [-0.25, -0.2) is 0 Å². The smallest absolute Gasteiger partial charge is 0.132 e. The van der Waals surface area contributed by atoms with Crippen LogP contribution >= 0.6 is 0 Å². The molecule has 0 bridgehead atoms. The molecule has 134 valence electrons. The Hall–Kier alpha value is -1.31. The minimum Gasteiger partial charge on any atom is -0.469 e. The molecule has 0 amide bonds. The van der Waals surface area contributed by atoms with Gasteiger partial charge in [0.05, 0.1) is 6.26 Å². The maximum atomic E-state index is 10.5. The predicted molar refractivity (Wildman–Crippen MR) is 102 cm³/mol.